The molecule has 0 saturated heterocycles. The first-order chi connectivity index (χ1) is 27.1. The number of hydrogen-bond donors (Lipinski definition) is 0. The van der Waals surface area contributed by atoms with Crippen molar-refractivity contribution in [1.82, 2.24) is 0 Å². The summed E-state index contributed by atoms with van der Waals surface area (Å²) < 4.78 is 0. The van der Waals surface area contributed by atoms with Crippen LogP contribution in [0.1, 0.15) is 84.0 Å². The highest BCUT2D eigenvalue weighted by molar-refractivity contribution is 5.89. The third-order valence-electron chi connectivity index (χ3n) is 11.4. The van der Waals surface area contributed by atoms with Gasteiger partial charge in [-0.25, -0.2) is 0 Å². The first kappa shape index (κ1) is 40.0. The molecular formula is C53H54O3. The zero-order chi connectivity index (χ0) is 39.8. The van der Waals surface area contributed by atoms with Crippen molar-refractivity contribution in [1.29, 1.82) is 0 Å². The maximum absolute atomic E-state index is 16.0. The van der Waals surface area contributed by atoms with Gasteiger partial charge in [-0.1, -0.05) is 158 Å². The van der Waals surface area contributed by atoms with Gasteiger partial charge < -0.3 is 0 Å². The number of carbonyl (C=O) groups excluding carboxylic acids is 3. The summed E-state index contributed by atoms with van der Waals surface area (Å²) in [6, 6.07) is 42.9. The molecule has 0 saturated carbocycles. The molecule has 3 nitrogen and oxygen atoms in total. The van der Waals surface area contributed by atoms with E-state index in [1.54, 1.807) is 0 Å². The van der Waals surface area contributed by atoms with E-state index in [1.807, 2.05) is 26.0 Å². The van der Waals surface area contributed by atoms with Crippen LogP contribution in [0.5, 0.6) is 0 Å². The molecule has 0 aliphatic rings. The molecule has 6 aromatic carbocycles. The van der Waals surface area contributed by atoms with Crippen molar-refractivity contribution in [3.63, 3.8) is 0 Å². The fourth-order valence-electron chi connectivity index (χ4n) is 8.13. The lowest BCUT2D eigenvalue weighted by atomic mass is 9.69. The highest BCUT2D eigenvalue weighted by Crippen LogP contribution is 2.40. The fraction of sp³-hybridized carbons (Fsp3) is 0.264. The lowest BCUT2D eigenvalue weighted by Gasteiger charge is -2.33. The normalized spacial score (nSPS) is 14.3. The summed E-state index contributed by atoms with van der Waals surface area (Å²) in [4.78, 5) is 40.8. The summed E-state index contributed by atoms with van der Waals surface area (Å²) in [6.45, 7) is 12.1. The van der Waals surface area contributed by atoms with Gasteiger partial charge in [0.25, 0.3) is 0 Å². The van der Waals surface area contributed by atoms with Gasteiger partial charge in [0.05, 0.1) is 0 Å². The molecule has 6 rings (SSSR count). The smallest absolute Gasteiger partial charge is 0.145 e. The average molecular weight is 739 g/mol. The maximum atomic E-state index is 16.0. The van der Waals surface area contributed by atoms with Crippen molar-refractivity contribution in [3.8, 4) is 0 Å². The molecule has 0 bridgehead atoms. The second kappa shape index (κ2) is 18.3. The molecule has 0 spiro atoms. The van der Waals surface area contributed by atoms with Crippen molar-refractivity contribution in [3.05, 3.63) is 189 Å². The molecule has 4 atom stereocenters. The van der Waals surface area contributed by atoms with E-state index < -0.39 is 11.8 Å². The number of ketones is 1. The zero-order valence-electron chi connectivity index (χ0n) is 33.7. The summed E-state index contributed by atoms with van der Waals surface area (Å²) in [5.74, 6) is -1.69. The molecule has 0 aliphatic carbocycles. The average Bonchev–Trinajstić information content (AvgIpc) is 3.22. The number of allylic oxidation sites excluding steroid dienone is 4. The highest BCUT2D eigenvalue weighted by atomic mass is 16.1. The number of carbonyl (C=O) groups is 3. The monoisotopic (exact) mass is 738 g/mol. The third-order valence-corrected chi connectivity index (χ3v) is 11.4. The molecule has 4 unspecified atom stereocenters. The number of aryl methyl sites for hydroxylation is 4. The van der Waals surface area contributed by atoms with E-state index in [-0.39, 0.29) is 17.6 Å². The van der Waals surface area contributed by atoms with Crippen LogP contribution >= 0.6 is 0 Å². The van der Waals surface area contributed by atoms with E-state index in [9.17, 15) is 9.59 Å². The van der Waals surface area contributed by atoms with Crippen LogP contribution < -0.4 is 0 Å². The SMILES string of the molecule is CCc1ccc(CC(C(=O)C(Cc2ccc(CC)cc2)C(C=C(C)C=O)c2ccc3cc(C)ccc3c2)C(C=C(C)C=O)c2ccc3cc(C)ccc3c2)cc1. The van der Waals surface area contributed by atoms with Crippen LogP contribution in [0.3, 0.4) is 0 Å². The Labute approximate surface area is 333 Å². The van der Waals surface area contributed by atoms with Crippen LogP contribution in [-0.4, -0.2) is 18.4 Å². The molecule has 0 N–H and O–H groups in total. The largest absolute Gasteiger partial charge is 0.299 e. The molecular weight excluding hydrogens is 685 g/mol. The molecule has 284 valence electrons. The maximum Gasteiger partial charge on any atom is 0.145 e. The van der Waals surface area contributed by atoms with Gasteiger partial charge in [-0.3, -0.25) is 14.4 Å². The Morgan fingerprint density at radius 1 is 0.482 bits per heavy atom. The molecule has 0 aromatic heterocycles. The van der Waals surface area contributed by atoms with Crippen molar-refractivity contribution in [2.24, 2.45) is 11.8 Å². The van der Waals surface area contributed by atoms with Gasteiger partial charge in [-0.2, -0.15) is 0 Å². The molecule has 3 heteroatoms. The lowest BCUT2D eigenvalue weighted by molar-refractivity contribution is -0.127. The Bertz CT molecular complexity index is 2220. The Hall–Kier alpha value is -5.67. The standard InChI is InChI=1S/C53H54O3/c1-7-39-11-15-41(16-12-39)29-51(49(27-37(5)33-54)47-23-21-43-25-35(3)9-19-45(43)31-47)53(56)52(30-42-17-13-40(8-2)14-18-42)50(28-38(6)34-55)48-24-22-44-26-36(4)10-20-46(44)32-48/h9-28,31-34,49-52H,7-8,29-30H2,1-6H3. The topological polar surface area (TPSA) is 51.2 Å². The van der Waals surface area contributed by atoms with Gasteiger partial charge in [-0.15, -0.1) is 0 Å². The van der Waals surface area contributed by atoms with Gasteiger partial charge in [-0.05, 0) is 119 Å². The summed E-state index contributed by atoms with van der Waals surface area (Å²) in [5.41, 5.74) is 10.2. The predicted octanol–water partition coefficient (Wildman–Crippen LogP) is 12.2. The minimum absolute atomic E-state index is 0.108. The van der Waals surface area contributed by atoms with Crippen molar-refractivity contribution in [2.45, 2.75) is 79.1 Å². The summed E-state index contributed by atoms with van der Waals surface area (Å²) >= 11 is 0. The Kier molecular flexibility index (Phi) is 13.1. The zero-order valence-corrected chi connectivity index (χ0v) is 33.7. The van der Waals surface area contributed by atoms with Crippen molar-refractivity contribution >= 4 is 39.9 Å². The summed E-state index contributed by atoms with van der Waals surface area (Å²) in [7, 11) is 0. The minimum atomic E-state index is -0.518. The fourth-order valence-corrected chi connectivity index (χ4v) is 8.13. The molecule has 6 aromatic rings. The number of benzene rings is 6. The van der Waals surface area contributed by atoms with E-state index in [2.05, 4.69) is 149 Å². The van der Waals surface area contributed by atoms with Crippen molar-refractivity contribution < 1.29 is 14.4 Å². The minimum Gasteiger partial charge on any atom is -0.299 e. The van der Waals surface area contributed by atoms with Gasteiger partial charge in [0, 0.05) is 23.7 Å². The number of Topliss-reactive ketones (excluding diaryl/α,β-unsaturated/α-hetero) is 1. The van der Waals surface area contributed by atoms with Crippen LogP contribution in [0.25, 0.3) is 21.5 Å². The molecule has 56 heavy (non-hydrogen) atoms. The van der Waals surface area contributed by atoms with Gasteiger partial charge >= 0.3 is 0 Å². The molecule has 0 fully saturated rings. The lowest BCUT2D eigenvalue weighted by Crippen LogP contribution is -2.34. The van der Waals surface area contributed by atoms with Gasteiger partial charge in [0.1, 0.15) is 18.4 Å². The first-order valence-corrected chi connectivity index (χ1v) is 20.1. The molecule has 0 aliphatic heterocycles. The van der Waals surface area contributed by atoms with E-state index in [0.717, 1.165) is 69.2 Å². The van der Waals surface area contributed by atoms with E-state index in [0.29, 0.717) is 24.0 Å². The van der Waals surface area contributed by atoms with Crippen LogP contribution in [-0.2, 0) is 40.1 Å². The Morgan fingerprint density at radius 3 is 1.18 bits per heavy atom. The Balaban J connectivity index is 1.58. The number of rotatable bonds is 16. The van der Waals surface area contributed by atoms with E-state index >= 15 is 4.79 Å². The second-order valence-corrected chi connectivity index (χ2v) is 15.7. The van der Waals surface area contributed by atoms with Crippen LogP contribution in [0.4, 0.5) is 0 Å². The molecule has 0 heterocycles. The van der Waals surface area contributed by atoms with Crippen molar-refractivity contribution in [2.75, 3.05) is 0 Å². The Morgan fingerprint density at radius 2 is 0.821 bits per heavy atom. The third kappa shape index (κ3) is 9.58. The van der Waals surface area contributed by atoms with E-state index in [4.69, 9.17) is 0 Å². The summed E-state index contributed by atoms with van der Waals surface area (Å²) in [5, 5.41) is 4.46. The van der Waals surface area contributed by atoms with Gasteiger partial charge in [0.15, 0.2) is 0 Å². The quantitative estimate of drug-likeness (QED) is 0.0734. The molecule has 0 amide bonds. The number of hydrogen-bond acceptors (Lipinski definition) is 3. The summed E-state index contributed by atoms with van der Waals surface area (Å²) in [6.07, 6.45) is 8.61. The second-order valence-electron chi connectivity index (χ2n) is 15.7. The predicted molar refractivity (Wildman–Crippen MR) is 234 cm³/mol. The molecule has 0 radical (unpaired) electrons. The van der Waals surface area contributed by atoms with E-state index in [1.165, 1.54) is 22.3 Å². The van der Waals surface area contributed by atoms with Gasteiger partial charge in [0.2, 0.25) is 0 Å². The van der Waals surface area contributed by atoms with Crippen LogP contribution in [0.15, 0.2) is 145 Å². The van der Waals surface area contributed by atoms with Crippen LogP contribution in [0.2, 0.25) is 0 Å². The number of fused-ring (bicyclic) bond motifs is 2. The number of aldehydes is 2. The highest BCUT2D eigenvalue weighted by Gasteiger charge is 2.37. The van der Waals surface area contributed by atoms with Crippen LogP contribution in [0, 0.1) is 25.7 Å². The first-order valence-electron chi connectivity index (χ1n) is 20.1.